The number of hydrogen-bond acceptors (Lipinski definition) is 8. The molecule has 220 valence electrons. The summed E-state index contributed by atoms with van der Waals surface area (Å²) in [5.74, 6) is -0.664. The number of fused-ring (bicyclic) bond motifs is 5. The maximum absolute atomic E-state index is 14.5. The minimum absolute atomic E-state index is 0.0487. The molecule has 1 fully saturated rings. The third kappa shape index (κ3) is 7.03. The lowest BCUT2D eigenvalue weighted by Gasteiger charge is -2.38. The Hall–Kier alpha value is -4.94. The van der Waals surface area contributed by atoms with Gasteiger partial charge in [0.15, 0.2) is 18.1 Å². The van der Waals surface area contributed by atoms with E-state index in [1.54, 1.807) is 18.2 Å². The number of hydrogen-bond donors (Lipinski definition) is 3. The van der Waals surface area contributed by atoms with Crippen LogP contribution in [0.2, 0.25) is 0 Å². The molecule has 3 aromatic rings. The number of amides is 3. The Morgan fingerprint density at radius 2 is 1.95 bits per heavy atom. The topological polar surface area (TPSA) is 152 Å². The zero-order chi connectivity index (χ0) is 29.6. The summed E-state index contributed by atoms with van der Waals surface area (Å²) in [4.78, 5) is 57.9. The van der Waals surface area contributed by atoms with Crippen LogP contribution < -0.4 is 30.4 Å². The third-order valence-electron chi connectivity index (χ3n) is 7.01. The molecule has 3 N–H and O–H groups in total. The number of piperidine rings is 1. The third-order valence-corrected chi connectivity index (χ3v) is 7.01. The van der Waals surface area contributed by atoms with Crippen molar-refractivity contribution in [1.29, 1.82) is 0 Å². The van der Waals surface area contributed by atoms with Crippen molar-refractivity contribution in [2.45, 2.75) is 38.0 Å². The normalized spacial score (nSPS) is 19.5. The quantitative estimate of drug-likeness (QED) is 0.412. The van der Waals surface area contributed by atoms with Crippen LogP contribution in [0.5, 0.6) is 17.2 Å². The molecule has 2 atom stereocenters. The number of likely N-dealkylation sites (tertiary alicyclic amines) is 1. The van der Waals surface area contributed by atoms with Crippen molar-refractivity contribution in [2.75, 3.05) is 26.8 Å². The van der Waals surface area contributed by atoms with E-state index in [1.165, 1.54) is 30.3 Å². The molecule has 0 radical (unpaired) electrons. The van der Waals surface area contributed by atoms with E-state index >= 15 is 0 Å². The number of carbonyl (C=O) groups excluding carboxylic acids is 3. The number of carbonyl (C=O) groups is 3. The first kappa shape index (κ1) is 28.6. The molecule has 3 heterocycles. The van der Waals surface area contributed by atoms with E-state index < -0.39 is 35.3 Å². The molecule has 42 heavy (non-hydrogen) atoms. The molecule has 0 unspecified atom stereocenters. The highest BCUT2D eigenvalue weighted by molar-refractivity contribution is 5.92. The summed E-state index contributed by atoms with van der Waals surface area (Å²) >= 11 is 0. The van der Waals surface area contributed by atoms with Gasteiger partial charge < -0.3 is 34.7 Å². The van der Waals surface area contributed by atoms with Crippen molar-refractivity contribution < 1.29 is 33.0 Å². The van der Waals surface area contributed by atoms with E-state index in [1.807, 2.05) is 6.07 Å². The molecule has 2 aliphatic heterocycles. The van der Waals surface area contributed by atoms with Gasteiger partial charge in [-0.05, 0) is 41.8 Å². The van der Waals surface area contributed by atoms with E-state index in [4.69, 9.17) is 14.2 Å². The molecule has 1 aromatic heterocycles. The fraction of sp³-hybridized carbons (Fsp3) is 0.345. The number of nitrogens with one attached hydrogen (secondary N) is 3. The highest BCUT2D eigenvalue weighted by Crippen LogP contribution is 2.29. The number of ether oxygens (including phenoxy) is 3. The minimum Gasteiger partial charge on any atom is -0.493 e. The number of aromatic amines is 1. The smallest absolute Gasteiger partial charge is 0.274 e. The van der Waals surface area contributed by atoms with E-state index in [0.717, 1.165) is 11.8 Å². The SMILES string of the molecule is COc1ccc2cc1OCC(=O)N[C@@H]1CN(C(=O)c3c[nH]c(=O)cn3)CC[C@H]1Oc1cc(F)cc(c1)CNC(=O)CC2. The summed E-state index contributed by atoms with van der Waals surface area (Å²) < 4.78 is 31.8. The highest BCUT2D eigenvalue weighted by atomic mass is 19.1. The number of nitrogens with zero attached hydrogens (tertiary/aromatic N) is 2. The number of aromatic nitrogens is 2. The van der Waals surface area contributed by atoms with Crippen LogP contribution in [0.4, 0.5) is 4.39 Å². The van der Waals surface area contributed by atoms with Crippen LogP contribution in [0, 0.1) is 5.82 Å². The van der Waals surface area contributed by atoms with Crippen molar-refractivity contribution in [3.8, 4) is 17.2 Å². The molecule has 0 spiro atoms. The van der Waals surface area contributed by atoms with Crippen LogP contribution in [0.1, 0.15) is 34.5 Å². The van der Waals surface area contributed by atoms with Crippen LogP contribution in [-0.4, -0.2) is 71.5 Å². The van der Waals surface area contributed by atoms with Gasteiger partial charge in [-0.3, -0.25) is 19.2 Å². The van der Waals surface area contributed by atoms with E-state index in [2.05, 4.69) is 20.6 Å². The van der Waals surface area contributed by atoms with Crippen molar-refractivity contribution in [1.82, 2.24) is 25.5 Å². The van der Waals surface area contributed by atoms with Gasteiger partial charge in [0.05, 0.1) is 19.3 Å². The maximum atomic E-state index is 14.5. The number of benzene rings is 2. The fourth-order valence-corrected chi connectivity index (χ4v) is 4.91. The van der Waals surface area contributed by atoms with Gasteiger partial charge in [0, 0.05) is 44.7 Å². The van der Waals surface area contributed by atoms with Gasteiger partial charge >= 0.3 is 0 Å². The summed E-state index contributed by atoms with van der Waals surface area (Å²) in [6.45, 7) is 0.0642. The van der Waals surface area contributed by atoms with Crippen LogP contribution in [0.25, 0.3) is 0 Å². The molecular weight excluding hydrogens is 549 g/mol. The van der Waals surface area contributed by atoms with Gasteiger partial charge in [-0.15, -0.1) is 0 Å². The summed E-state index contributed by atoms with van der Waals surface area (Å²) in [6, 6.07) is 8.70. The van der Waals surface area contributed by atoms with E-state index in [9.17, 15) is 23.6 Å². The monoisotopic (exact) mass is 579 g/mol. The molecule has 0 aliphatic carbocycles. The maximum Gasteiger partial charge on any atom is 0.274 e. The van der Waals surface area contributed by atoms with Gasteiger partial charge in [-0.25, -0.2) is 9.37 Å². The first-order chi connectivity index (χ1) is 20.3. The molecule has 0 saturated carbocycles. The minimum atomic E-state index is -0.694. The van der Waals surface area contributed by atoms with Crippen LogP contribution in [-0.2, 0) is 22.6 Å². The van der Waals surface area contributed by atoms with E-state index in [0.29, 0.717) is 29.9 Å². The number of methoxy groups -OCH3 is 1. The molecule has 2 aromatic carbocycles. The molecular formula is C29H30FN5O7. The second-order valence-corrected chi connectivity index (χ2v) is 10.0. The van der Waals surface area contributed by atoms with Crippen molar-refractivity contribution in [2.24, 2.45) is 0 Å². The summed E-state index contributed by atoms with van der Waals surface area (Å²) in [7, 11) is 1.48. The van der Waals surface area contributed by atoms with Crippen LogP contribution in [0.15, 0.2) is 53.6 Å². The van der Waals surface area contributed by atoms with Crippen molar-refractivity contribution in [3.63, 3.8) is 0 Å². The molecule has 1 saturated heterocycles. The lowest BCUT2D eigenvalue weighted by Crippen LogP contribution is -2.58. The Morgan fingerprint density at radius 1 is 1.10 bits per heavy atom. The van der Waals surface area contributed by atoms with Crippen molar-refractivity contribution in [3.05, 3.63) is 81.8 Å². The molecule has 5 rings (SSSR count). The van der Waals surface area contributed by atoms with Crippen molar-refractivity contribution >= 4 is 17.7 Å². The lowest BCUT2D eigenvalue weighted by atomic mass is 10.0. The van der Waals surface area contributed by atoms with Gasteiger partial charge in [-0.1, -0.05) is 6.07 Å². The molecule has 4 bridgehead atoms. The molecule has 12 nitrogen and oxygen atoms in total. The Morgan fingerprint density at radius 3 is 2.74 bits per heavy atom. The van der Waals surface area contributed by atoms with Crippen LogP contribution >= 0.6 is 0 Å². The van der Waals surface area contributed by atoms with Crippen LogP contribution in [0.3, 0.4) is 0 Å². The number of rotatable bonds is 2. The van der Waals surface area contributed by atoms with Gasteiger partial charge in [0.25, 0.3) is 17.4 Å². The first-order valence-electron chi connectivity index (χ1n) is 13.4. The summed E-state index contributed by atoms with van der Waals surface area (Å²) in [6.07, 6.45) is 2.54. The molecule has 13 heteroatoms. The van der Waals surface area contributed by atoms with Gasteiger partial charge in [0.1, 0.15) is 23.4 Å². The number of halogens is 1. The summed E-state index contributed by atoms with van der Waals surface area (Å²) in [5.41, 5.74) is 0.928. The Balaban J connectivity index is 1.42. The zero-order valence-electron chi connectivity index (χ0n) is 22.9. The second-order valence-electron chi connectivity index (χ2n) is 10.0. The lowest BCUT2D eigenvalue weighted by molar-refractivity contribution is -0.125. The standard InChI is InChI=1S/C29H30FN5O7/c1-40-24-4-2-17-3-5-26(36)32-12-18-8-19(30)11-20(9-18)42-23-6-7-35(29(39)21-13-33-27(37)14-31-21)15-22(23)34-28(38)16-41-25(24)10-17/h2,4,8-11,13-14,22-23H,3,5-7,12,15-16H2,1H3,(H,32,36)(H,33,37)(H,34,38)/t22-,23-/m1/s1. The predicted molar refractivity (Wildman–Crippen MR) is 147 cm³/mol. The Bertz CT molecular complexity index is 1520. The number of aryl methyl sites for hydroxylation is 1. The highest BCUT2D eigenvalue weighted by Gasteiger charge is 2.35. The zero-order valence-corrected chi connectivity index (χ0v) is 22.9. The largest absolute Gasteiger partial charge is 0.493 e. The molecule has 3 amide bonds. The summed E-state index contributed by atoms with van der Waals surface area (Å²) in [5, 5.41) is 5.70. The first-order valence-corrected chi connectivity index (χ1v) is 13.4. The van der Waals surface area contributed by atoms with Gasteiger partial charge in [0.2, 0.25) is 5.91 Å². The second kappa shape index (κ2) is 12.7. The predicted octanol–water partition coefficient (Wildman–Crippen LogP) is 1.34. The fourth-order valence-electron chi connectivity index (χ4n) is 4.91. The Labute approximate surface area is 240 Å². The average Bonchev–Trinajstić information content (AvgIpc) is 2.98. The molecule has 2 aliphatic rings. The average molecular weight is 580 g/mol. The number of H-pyrrole nitrogens is 1. The Kier molecular flexibility index (Phi) is 8.65. The van der Waals surface area contributed by atoms with E-state index in [-0.39, 0.29) is 50.0 Å². The van der Waals surface area contributed by atoms with Gasteiger partial charge in [-0.2, -0.15) is 0 Å².